The smallest absolute Gasteiger partial charge is 0.257 e. The normalized spacial score (nSPS) is 13.5. The molecule has 0 bridgehead atoms. The predicted molar refractivity (Wildman–Crippen MR) is 151 cm³/mol. The number of piperazine rings is 1. The lowest BCUT2D eigenvalue weighted by Crippen LogP contribution is -2.50. The van der Waals surface area contributed by atoms with Gasteiger partial charge in [0.1, 0.15) is 17.3 Å². The van der Waals surface area contributed by atoms with E-state index in [1.807, 2.05) is 7.05 Å². The standard InChI is InChI=1S/C28H26F2N10O2/c1-37-28(39-12-10-38(11-13-39)24(41)15-31)25(26(36-37)17-2-4-19(29)5-3-17)20-6-7-23-33-22(16-40(23)35-20)34-27(42)18-8-9-32-21(30)14-18/h2-9,14,16H,10-13,15,31H2,1H3,(H,34,42). The molecule has 5 aromatic rings. The summed E-state index contributed by atoms with van der Waals surface area (Å²) in [5, 5.41) is 12.2. The van der Waals surface area contributed by atoms with Crippen molar-refractivity contribution in [2.45, 2.75) is 0 Å². The fraction of sp³-hybridized carbons (Fsp3) is 0.214. The molecule has 6 rings (SSSR count). The average Bonchev–Trinajstić information content (AvgIpc) is 3.56. The Kier molecular flexibility index (Phi) is 7.04. The van der Waals surface area contributed by atoms with Crippen molar-refractivity contribution < 1.29 is 18.4 Å². The molecule has 1 fully saturated rings. The van der Waals surface area contributed by atoms with Crippen molar-refractivity contribution in [1.29, 1.82) is 0 Å². The van der Waals surface area contributed by atoms with Crippen molar-refractivity contribution in [3.05, 3.63) is 78.3 Å². The monoisotopic (exact) mass is 572 g/mol. The maximum absolute atomic E-state index is 13.8. The van der Waals surface area contributed by atoms with Gasteiger partial charge >= 0.3 is 0 Å². The summed E-state index contributed by atoms with van der Waals surface area (Å²) < 4.78 is 30.5. The maximum Gasteiger partial charge on any atom is 0.257 e. The van der Waals surface area contributed by atoms with E-state index in [1.165, 1.54) is 28.9 Å². The molecule has 1 aliphatic rings. The molecule has 0 aliphatic carbocycles. The third kappa shape index (κ3) is 5.14. The van der Waals surface area contributed by atoms with Gasteiger partial charge < -0.3 is 20.9 Å². The number of nitrogens with zero attached hydrogens (tertiary/aromatic N) is 8. The van der Waals surface area contributed by atoms with Gasteiger partial charge in [-0.25, -0.2) is 18.9 Å². The Morgan fingerprint density at radius 2 is 1.76 bits per heavy atom. The van der Waals surface area contributed by atoms with E-state index in [-0.39, 0.29) is 29.7 Å². The number of nitrogens with two attached hydrogens (primary N) is 1. The molecule has 42 heavy (non-hydrogen) atoms. The fourth-order valence-electron chi connectivity index (χ4n) is 5.03. The van der Waals surface area contributed by atoms with Crippen LogP contribution in [-0.2, 0) is 11.8 Å². The van der Waals surface area contributed by atoms with Gasteiger partial charge in [0, 0.05) is 56.6 Å². The van der Waals surface area contributed by atoms with Crippen LogP contribution in [0.1, 0.15) is 10.4 Å². The number of aryl methyl sites for hydroxylation is 1. The van der Waals surface area contributed by atoms with Gasteiger partial charge in [-0.05, 0) is 42.5 Å². The first-order valence-electron chi connectivity index (χ1n) is 13.2. The Bertz CT molecular complexity index is 1790. The molecular weight excluding hydrogens is 546 g/mol. The van der Waals surface area contributed by atoms with Gasteiger partial charge in [-0.2, -0.15) is 14.6 Å². The molecule has 12 nitrogen and oxygen atoms in total. The van der Waals surface area contributed by atoms with Crippen molar-refractivity contribution in [2.75, 3.05) is 42.9 Å². The second kappa shape index (κ2) is 11.0. The lowest BCUT2D eigenvalue weighted by Gasteiger charge is -2.36. The second-order valence-corrected chi connectivity index (χ2v) is 9.72. The molecule has 1 saturated heterocycles. The van der Waals surface area contributed by atoms with Crippen molar-refractivity contribution in [1.82, 2.24) is 34.3 Å². The molecule has 0 spiro atoms. The van der Waals surface area contributed by atoms with E-state index in [9.17, 15) is 18.4 Å². The van der Waals surface area contributed by atoms with Crippen molar-refractivity contribution in [3.63, 3.8) is 0 Å². The summed E-state index contributed by atoms with van der Waals surface area (Å²) in [6, 6.07) is 12.1. The first kappa shape index (κ1) is 27.0. The number of nitrogens with one attached hydrogen (secondary N) is 1. The van der Waals surface area contributed by atoms with Gasteiger partial charge in [-0.15, -0.1) is 0 Å². The van der Waals surface area contributed by atoms with Crippen molar-refractivity contribution >= 4 is 29.1 Å². The van der Waals surface area contributed by atoms with Gasteiger partial charge in [0.2, 0.25) is 11.9 Å². The Balaban J connectivity index is 1.38. The summed E-state index contributed by atoms with van der Waals surface area (Å²) in [4.78, 5) is 36.5. The first-order valence-corrected chi connectivity index (χ1v) is 13.2. The van der Waals surface area contributed by atoms with Gasteiger partial charge in [0.15, 0.2) is 11.5 Å². The van der Waals surface area contributed by atoms with Crippen LogP contribution in [0.3, 0.4) is 0 Å². The fourth-order valence-corrected chi connectivity index (χ4v) is 5.03. The number of pyridine rings is 1. The molecule has 14 heteroatoms. The molecule has 0 atom stereocenters. The van der Waals surface area contributed by atoms with E-state index >= 15 is 0 Å². The third-order valence-electron chi connectivity index (χ3n) is 7.05. The number of imidazole rings is 1. The number of carbonyl (C=O) groups excluding carboxylic acids is 2. The highest BCUT2D eigenvalue weighted by Crippen LogP contribution is 2.39. The number of benzene rings is 1. The van der Waals surface area contributed by atoms with Gasteiger partial charge in [0.25, 0.3) is 5.91 Å². The molecular formula is C28H26F2N10O2. The predicted octanol–water partition coefficient (Wildman–Crippen LogP) is 2.33. The number of hydrogen-bond donors (Lipinski definition) is 2. The molecule has 1 aromatic carbocycles. The van der Waals surface area contributed by atoms with E-state index in [1.54, 1.807) is 40.0 Å². The lowest BCUT2D eigenvalue weighted by atomic mass is 10.0. The minimum Gasteiger partial charge on any atom is -0.353 e. The van der Waals surface area contributed by atoms with Crippen LogP contribution in [-0.4, -0.2) is 78.8 Å². The maximum atomic E-state index is 13.8. The minimum atomic E-state index is -0.763. The molecule has 0 radical (unpaired) electrons. The zero-order chi connectivity index (χ0) is 29.4. The Labute approximate surface area is 238 Å². The summed E-state index contributed by atoms with van der Waals surface area (Å²) in [5.74, 6) is -0.752. The van der Waals surface area contributed by atoms with Gasteiger partial charge in [0.05, 0.1) is 24.0 Å². The zero-order valence-electron chi connectivity index (χ0n) is 22.5. The number of amides is 2. The molecule has 214 valence electrons. The zero-order valence-corrected chi connectivity index (χ0v) is 22.5. The number of aromatic nitrogens is 6. The number of hydrogen-bond acceptors (Lipinski definition) is 8. The molecule has 3 N–H and O–H groups in total. The van der Waals surface area contributed by atoms with E-state index in [2.05, 4.69) is 20.2 Å². The molecule has 5 heterocycles. The summed E-state index contributed by atoms with van der Waals surface area (Å²) in [5.41, 5.74) is 8.72. The van der Waals surface area contributed by atoms with Crippen molar-refractivity contribution in [2.24, 2.45) is 12.8 Å². The minimum absolute atomic E-state index is 0.0393. The van der Waals surface area contributed by atoms with Crippen LogP contribution in [0.4, 0.5) is 20.4 Å². The van der Waals surface area contributed by atoms with E-state index in [0.29, 0.717) is 48.8 Å². The largest absolute Gasteiger partial charge is 0.353 e. The van der Waals surface area contributed by atoms with Gasteiger partial charge in [-0.1, -0.05) is 0 Å². The molecule has 4 aromatic heterocycles. The van der Waals surface area contributed by atoms with Crippen LogP contribution in [0.2, 0.25) is 0 Å². The Hall–Kier alpha value is -5.24. The van der Waals surface area contributed by atoms with Crippen LogP contribution >= 0.6 is 0 Å². The molecule has 1 aliphatic heterocycles. The van der Waals surface area contributed by atoms with E-state index < -0.39 is 11.9 Å². The lowest BCUT2D eigenvalue weighted by molar-refractivity contribution is -0.129. The summed E-state index contributed by atoms with van der Waals surface area (Å²) in [7, 11) is 1.83. The average molecular weight is 573 g/mol. The summed E-state index contributed by atoms with van der Waals surface area (Å²) >= 11 is 0. The van der Waals surface area contributed by atoms with Crippen LogP contribution < -0.4 is 16.0 Å². The Morgan fingerprint density at radius 3 is 2.48 bits per heavy atom. The summed E-state index contributed by atoms with van der Waals surface area (Å²) in [6.07, 6.45) is 2.76. The highest BCUT2D eigenvalue weighted by molar-refractivity contribution is 6.03. The Morgan fingerprint density at radius 1 is 1.00 bits per heavy atom. The number of halogens is 2. The molecule has 2 amide bonds. The number of fused-ring (bicyclic) bond motifs is 1. The summed E-state index contributed by atoms with van der Waals surface area (Å²) in [6.45, 7) is 2.08. The highest BCUT2D eigenvalue weighted by atomic mass is 19.1. The van der Waals surface area contributed by atoms with Crippen LogP contribution in [0.5, 0.6) is 0 Å². The van der Waals surface area contributed by atoms with Crippen molar-refractivity contribution in [3.8, 4) is 22.5 Å². The highest BCUT2D eigenvalue weighted by Gasteiger charge is 2.28. The quantitative estimate of drug-likeness (QED) is 0.296. The first-order chi connectivity index (χ1) is 20.3. The van der Waals surface area contributed by atoms with Crippen LogP contribution in [0.15, 0.2) is 60.9 Å². The van der Waals surface area contributed by atoms with E-state index in [0.717, 1.165) is 17.4 Å². The topological polar surface area (TPSA) is 140 Å². The third-order valence-corrected chi connectivity index (χ3v) is 7.05. The van der Waals surface area contributed by atoms with Crippen LogP contribution in [0, 0.1) is 11.8 Å². The van der Waals surface area contributed by atoms with Crippen LogP contribution in [0.25, 0.3) is 28.2 Å². The second-order valence-electron chi connectivity index (χ2n) is 9.72. The molecule has 0 saturated carbocycles. The SMILES string of the molecule is Cn1nc(-c2ccc(F)cc2)c(-c2ccc3nc(NC(=O)c4ccnc(F)c4)cn3n2)c1N1CCN(C(=O)CN)CC1. The molecule has 0 unspecified atom stereocenters. The number of carbonyl (C=O) groups is 2. The van der Waals surface area contributed by atoms with Gasteiger partial charge in [-0.3, -0.25) is 14.3 Å². The van der Waals surface area contributed by atoms with E-state index in [4.69, 9.17) is 15.9 Å². The number of anilines is 2. The number of rotatable bonds is 6.